The molecule has 0 atom stereocenters. The molecule has 0 unspecified atom stereocenters. The maximum absolute atomic E-state index is 12.6. The number of benzene rings is 2. The second-order valence-corrected chi connectivity index (χ2v) is 8.79. The van der Waals surface area contributed by atoms with Gasteiger partial charge in [0.05, 0.1) is 5.54 Å². The van der Waals surface area contributed by atoms with Gasteiger partial charge >= 0.3 is 0 Å². The third-order valence-corrected chi connectivity index (χ3v) is 5.44. The van der Waals surface area contributed by atoms with E-state index in [2.05, 4.69) is 57.0 Å². The fourth-order valence-electron chi connectivity index (χ4n) is 4.15. The number of anilines is 2. The summed E-state index contributed by atoms with van der Waals surface area (Å²) in [6, 6.07) is 15.2. The van der Waals surface area contributed by atoms with Crippen LogP contribution in [0, 0.1) is 11.3 Å². The molecule has 1 amide bonds. The van der Waals surface area contributed by atoms with Gasteiger partial charge in [-0.05, 0) is 88.2 Å². The number of allylic oxidation sites excluding steroid dienone is 1. The molecular weight excluding hydrogens is 394 g/mol. The Labute approximate surface area is 183 Å². The number of carbonyl (C=O) groups is 1. The molecular formula is C25H26ClN3O. The van der Waals surface area contributed by atoms with Gasteiger partial charge in [-0.2, -0.15) is 5.26 Å². The van der Waals surface area contributed by atoms with Gasteiger partial charge in [-0.3, -0.25) is 4.79 Å². The zero-order chi connectivity index (χ0) is 22.1. The van der Waals surface area contributed by atoms with Crippen molar-refractivity contribution in [1.29, 1.82) is 5.26 Å². The van der Waals surface area contributed by atoms with E-state index in [0.717, 1.165) is 16.8 Å². The minimum atomic E-state index is -0.449. The highest BCUT2D eigenvalue weighted by atomic mass is 35.5. The summed E-state index contributed by atoms with van der Waals surface area (Å²) >= 11 is 5.88. The molecule has 0 saturated heterocycles. The number of carbonyl (C=O) groups excluding carboxylic acids is 1. The van der Waals surface area contributed by atoms with Gasteiger partial charge < -0.3 is 10.2 Å². The number of nitrogens with one attached hydrogen (secondary N) is 1. The summed E-state index contributed by atoms with van der Waals surface area (Å²) in [6.45, 7) is 10.9. The van der Waals surface area contributed by atoms with Gasteiger partial charge in [-0.15, -0.1) is 0 Å². The van der Waals surface area contributed by atoms with Crippen molar-refractivity contribution >= 4 is 40.5 Å². The van der Waals surface area contributed by atoms with E-state index in [9.17, 15) is 10.1 Å². The van der Waals surface area contributed by atoms with Gasteiger partial charge in [0.2, 0.25) is 0 Å². The van der Waals surface area contributed by atoms with E-state index >= 15 is 0 Å². The van der Waals surface area contributed by atoms with E-state index in [-0.39, 0.29) is 11.1 Å². The fraction of sp³-hybridized carbons (Fsp3) is 0.280. The minimum absolute atomic E-state index is 0.0448. The predicted molar refractivity (Wildman–Crippen MR) is 125 cm³/mol. The van der Waals surface area contributed by atoms with Gasteiger partial charge in [0.15, 0.2) is 0 Å². The third kappa shape index (κ3) is 4.42. The Kier molecular flexibility index (Phi) is 6.05. The zero-order valence-electron chi connectivity index (χ0n) is 18.0. The lowest BCUT2D eigenvalue weighted by Gasteiger charge is -2.46. The Morgan fingerprint density at radius 2 is 1.87 bits per heavy atom. The van der Waals surface area contributed by atoms with Gasteiger partial charge in [0.1, 0.15) is 11.6 Å². The number of hydrogen-bond acceptors (Lipinski definition) is 3. The summed E-state index contributed by atoms with van der Waals surface area (Å²) in [5, 5.41) is 12.9. The maximum Gasteiger partial charge on any atom is 0.266 e. The number of fused-ring (bicyclic) bond motifs is 1. The van der Waals surface area contributed by atoms with Crippen LogP contribution in [0.3, 0.4) is 0 Å². The standard InChI is InChI=1S/C25H26ClN3O/c1-16(2)29-23-11-6-18(13-22(23)17(3)14-25(29,4)5)12-19(15-27)24(30)28-21-9-7-20(26)8-10-21/h6-14,16H,1-5H3,(H,28,30)/b19-12-. The molecule has 0 radical (unpaired) electrons. The van der Waals surface area contributed by atoms with Crippen LogP contribution in [-0.2, 0) is 4.79 Å². The fourth-order valence-corrected chi connectivity index (χ4v) is 4.27. The molecule has 0 saturated carbocycles. The van der Waals surface area contributed by atoms with E-state index in [0.29, 0.717) is 16.8 Å². The van der Waals surface area contributed by atoms with Crippen LogP contribution >= 0.6 is 11.6 Å². The lowest BCUT2D eigenvalue weighted by Crippen LogP contribution is -2.49. The first-order valence-corrected chi connectivity index (χ1v) is 10.3. The first-order chi connectivity index (χ1) is 14.1. The van der Waals surface area contributed by atoms with Crippen LogP contribution in [0.4, 0.5) is 11.4 Å². The van der Waals surface area contributed by atoms with E-state index < -0.39 is 5.91 Å². The van der Waals surface area contributed by atoms with Crippen molar-refractivity contribution in [3.05, 3.63) is 70.3 Å². The highest BCUT2D eigenvalue weighted by Crippen LogP contribution is 2.40. The molecule has 5 heteroatoms. The zero-order valence-corrected chi connectivity index (χ0v) is 18.7. The van der Waals surface area contributed by atoms with E-state index in [1.54, 1.807) is 30.3 Å². The van der Waals surface area contributed by atoms with Crippen molar-refractivity contribution < 1.29 is 4.79 Å². The number of hydrogen-bond donors (Lipinski definition) is 1. The van der Waals surface area contributed by atoms with E-state index in [4.69, 9.17) is 11.6 Å². The van der Waals surface area contributed by atoms with Crippen molar-refractivity contribution in [1.82, 2.24) is 0 Å². The summed E-state index contributed by atoms with van der Waals surface area (Å²) in [4.78, 5) is 14.9. The third-order valence-electron chi connectivity index (χ3n) is 5.19. The van der Waals surface area contributed by atoms with Crippen LogP contribution in [-0.4, -0.2) is 17.5 Å². The Hall–Kier alpha value is -3.03. The summed E-state index contributed by atoms with van der Waals surface area (Å²) in [5.41, 5.74) is 4.83. The molecule has 0 aromatic heterocycles. The van der Waals surface area contributed by atoms with Gasteiger partial charge in [-0.25, -0.2) is 0 Å². The van der Waals surface area contributed by atoms with Crippen molar-refractivity contribution in [2.24, 2.45) is 0 Å². The van der Waals surface area contributed by atoms with Crippen LogP contribution in [0.1, 0.15) is 45.7 Å². The molecule has 1 aliphatic heterocycles. The second kappa shape index (κ2) is 8.38. The van der Waals surface area contributed by atoms with Crippen molar-refractivity contribution in [3.63, 3.8) is 0 Å². The van der Waals surface area contributed by atoms with Crippen LogP contribution in [0.25, 0.3) is 11.6 Å². The molecule has 0 aliphatic carbocycles. The van der Waals surface area contributed by atoms with Crippen molar-refractivity contribution in [3.8, 4) is 6.07 Å². The Morgan fingerprint density at radius 3 is 2.47 bits per heavy atom. The van der Waals surface area contributed by atoms with Crippen LogP contribution < -0.4 is 10.2 Å². The average Bonchev–Trinajstić information content (AvgIpc) is 2.67. The summed E-state index contributed by atoms with van der Waals surface area (Å²) in [7, 11) is 0. The molecule has 2 aromatic carbocycles. The van der Waals surface area contributed by atoms with Crippen molar-refractivity contribution in [2.75, 3.05) is 10.2 Å². The van der Waals surface area contributed by atoms with Gasteiger partial charge in [0.25, 0.3) is 5.91 Å². The molecule has 0 fully saturated rings. The molecule has 0 bridgehead atoms. The monoisotopic (exact) mass is 419 g/mol. The molecule has 1 heterocycles. The SMILES string of the molecule is CC1=CC(C)(C)N(C(C)C)c2ccc(/C=C(/C#N)C(=O)Nc3ccc(Cl)cc3)cc21. The molecule has 4 nitrogen and oxygen atoms in total. The second-order valence-electron chi connectivity index (χ2n) is 8.35. The van der Waals surface area contributed by atoms with Gasteiger partial charge in [-0.1, -0.05) is 23.7 Å². The predicted octanol–water partition coefficient (Wildman–Crippen LogP) is 6.30. The largest absolute Gasteiger partial charge is 0.360 e. The highest BCUT2D eigenvalue weighted by Gasteiger charge is 2.32. The maximum atomic E-state index is 12.6. The topological polar surface area (TPSA) is 56.1 Å². The highest BCUT2D eigenvalue weighted by molar-refractivity contribution is 6.30. The minimum Gasteiger partial charge on any atom is -0.360 e. The molecule has 154 valence electrons. The molecule has 1 N–H and O–H groups in total. The summed E-state index contributed by atoms with van der Waals surface area (Å²) in [6.07, 6.45) is 3.89. The Bertz CT molecular complexity index is 1070. The number of nitrogens with zero attached hydrogens (tertiary/aromatic N) is 2. The number of rotatable bonds is 4. The molecule has 3 rings (SSSR count). The van der Waals surface area contributed by atoms with Crippen LogP contribution in [0.5, 0.6) is 0 Å². The molecule has 0 spiro atoms. The molecule has 2 aromatic rings. The van der Waals surface area contributed by atoms with E-state index in [1.807, 2.05) is 18.2 Å². The summed E-state index contributed by atoms with van der Waals surface area (Å²) < 4.78 is 0. The average molecular weight is 420 g/mol. The molecule has 1 aliphatic rings. The van der Waals surface area contributed by atoms with E-state index in [1.165, 1.54) is 5.57 Å². The van der Waals surface area contributed by atoms with Gasteiger partial charge in [0, 0.05) is 28.0 Å². The quantitative estimate of drug-likeness (QED) is 0.467. The first kappa shape index (κ1) is 21.7. The Balaban J connectivity index is 1.93. The Morgan fingerprint density at radius 1 is 1.20 bits per heavy atom. The first-order valence-electron chi connectivity index (χ1n) is 9.94. The number of nitriles is 1. The number of amides is 1. The van der Waals surface area contributed by atoms with Crippen LogP contribution in [0.15, 0.2) is 54.1 Å². The lowest BCUT2D eigenvalue weighted by atomic mass is 9.87. The van der Waals surface area contributed by atoms with Crippen LogP contribution in [0.2, 0.25) is 5.02 Å². The molecule has 30 heavy (non-hydrogen) atoms. The van der Waals surface area contributed by atoms with Crippen molar-refractivity contribution in [2.45, 2.75) is 46.2 Å². The summed E-state index contributed by atoms with van der Waals surface area (Å²) in [5.74, 6) is -0.449. The number of halogens is 1. The lowest BCUT2D eigenvalue weighted by molar-refractivity contribution is -0.112. The normalized spacial score (nSPS) is 15.3. The smallest absolute Gasteiger partial charge is 0.266 e.